The second-order valence-corrected chi connectivity index (χ2v) is 7.58. The maximum Gasteiger partial charge on any atom is 0.256 e. The Bertz CT molecular complexity index is 879. The molecule has 2 aromatic rings. The first-order valence-corrected chi connectivity index (χ1v) is 9.76. The molecule has 1 atom stereocenters. The fourth-order valence-electron chi connectivity index (χ4n) is 4.40. The highest BCUT2D eigenvalue weighted by atomic mass is 16.5. The smallest absolute Gasteiger partial charge is 0.256 e. The zero-order valence-corrected chi connectivity index (χ0v) is 16.4. The Labute approximate surface area is 165 Å². The van der Waals surface area contributed by atoms with Crippen LogP contribution < -0.4 is 9.64 Å². The molecule has 6 heteroatoms. The molecule has 1 spiro atoms. The van der Waals surface area contributed by atoms with Crippen molar-refractivity contribution in [1.29, 1.82) is 0 Å². The molecule has 0 radical (unpaired) electrons. The van der Waals surface area contributed by atoms with Gasteiger partial charge >= 0.3 is 0 Å². The molecule has 2 amide bonds. The Morgan fingerprint density at radius 3 is 2.43 bits per heavy atom. The van der Waals surface area contributed by atoms with Gasteiger partial charge in [0.1, 0.15) is 5.54 Å². The average Bonchev–Trinajstić information content (AvgIpc) is 3.15. The van der Waals surface area contributed by atoms with Gasteiger partial charge in [0.2, 0.25) is 5.88 Å². The first-order chi connectivity index (χ1) is 13.5. The van der Waals surface area contributed by atoms with E-state index in [0.717, 1.165) is 24.1 Å². The lowest BCUT2D eigenvalue weighted by atomic mass is 9.84. The fraction of sp³-hybridized carbons (Fsp3) is 0.409. The number of anilines is 1. The van der Waals surface area contributed by atoms with Gasteiger partial charge in [-0.25, -0.2) is 4.98 Å². The Morgan fingerprint density at radius 2 is 1.79 bits per heavy atom. The minimum atomic E-state index is -0.750. The van der Waals surface area contributed by atoms with Gasteiger partial charge in [0.05, 0.1) is 12.7 Å². The van der Waals surface area contributed by atoms with E-state index in [4.69, 9.17) is 4.74 Å². The molecule has 1 unspecified atom stereocenters. The first-order valence-electron chi connectivity index (χ1n) is 9.76. The molecule has 0 saturated carbocycles. The number of carbonyl (C=O) groups is 2. The molecule has 28 heavy (non-hydrogen) atoms. The van der Waals surface area contributed by atoms with Crippen molar-refractivity contribution in [2.24, 2.45) is 0 Å². The van der Waals surface area contributed by atoms with E-state index < -0.39 is 5.54 Å². The summed E-state index contributed by atoms with van der Waals surface area (Å²) in [5, 5.41) is 0. The molecule has 2 saturated heterocycles. The van der Waals surface area contributed by atoms with Crippen LogP contribution in [0.4, 0.5) is 5.69 Å². The summed E-state index contributed by atoms with van der Waals surface area (Å²) in [6.07, 6.45) is 4.67. The van der Waals surface area contributed by atoms with Crippen LogP contribution in [0.1, 0.15) is 41.6 Å². The fourth-order valence-corrected chi connectivity index (χ4v) is 4.40. The van der Waals surface area contributed by atoms with Gasteiger partial charge < -0.3 is 14.5 Å². The van der Waals surface area contributed by atoms with E-state index in [1.54, 1.807) is 24.1 Å². The minimum Gasteiger partial charge on any atom is -0.481 e. The number of nitrogens with zero attached hydrogens (tertiary/aromatic N) is 3. The minimum absolute atomic E-state index is 0.0370. The molecular formula is C22H25N3O3. The number of methoxy groups -OCH3 is 1. The standard InChI is InChI=1S/C22H25N3O3/c1-16-5-8-18(9-6-16)24-13-3-11-22(21(24)27)12-4-14-25(22)20(26)17-7-10-19(28-2)23-15-17/h5-10,15H,3-4,11-14H2,1-2H3. The number of aromatic nitrogens is 1. The van der Waals surface area contributed by atoms with E-state index in [-0.39, 0.29) is 11.8 Å². The molecule has 4 rings (SSSR count). The van der Waals surface area contributed by atoms with Crippen LogP contribution in [0, 0.1) is 6.92 Å². The van der Waals surface area contributed by atoms with Crippen molar-refractivity contribution in [2.75, 3.05) is 25.1 Å². The quantitative estimate of drug-likeness (QED) is 0.822. The summed E-state index contributed by atoms with van der Waals surface area (Å²) >= 11 is 0. The van der Waals surface area contributed by atoms with Crippen molar-refractivity contribution in [3.8, 4) is 5.88 Å². The van der Waals surface area contributed by atoms with E-state index in [2.05, 4.69) is 4.98 Å². The van der Waals surface area contributed by atoms with Gasteiger partial charge in [-0.15, -0.1) is 0 Å². The van der Waals surface area contributed by atoms with Crippen LogP contribution in [0.15, 0.2) is 42.6 Å². The molecule has 2 aliphatic rings. The highest BCUT2D eigenvalue weighted by Crippen LogP contribution is 2.40. The Morgan fingerprint density at radius 1 is 1.07 bits per heavy atom. The van der Waals surface area contributed by atoms with Gasteiger partial charge in [-0.05, 0) is 50.8 Å². The molecule has 0 aliphatic carbocycles. The zero-order chi connectivity index (χ0) is 19.7. The molecular weight excluding hydrogens is 354 g/mol. The Balaban J connectivity index is 1.63. The van der Waals surface area contributed by atoms with Gasteiger partial charge in [0.25, 0.3) is 11.8 Å². The number of ether oxygens (including phenoxy) is 1. The van der Waals surface area contributed by atoms with Gasteiger partial charge in [-0.2, -0.15) is 0 Å². The third kappa shape index (κ3) is 3.03. The summed E-state index contributed by atoms with van der Waals surface area (Å²) in [5.41, 5.74) is 1.80. The molecule has 3 heterocycles. The number of hydrogen-bond acceptors (Lipinski definition) is 4. The number of benzene rings is 1. The monoisotopic (exact) mass is 379 g/mol. The number of aryl methyl sites for hydroxylation is 1. The predicted octanol–water partition coefficient (Wildman–Crippen LogP) is 3.20. The lowest BCUT2D eigenvalue weighted by molar-refractivity contribution is -0.130. The van der Waals surface area contributed by atoms with Crippen LogP contribution >= 0.6 is 0 Å². The number of pyridine rings is 1. The van der Waals surface area contributed by atoms with Crippen molar-refractivity contribution in [3.05, 3.63) is 53.7 Å². The average molecular weight is 379 g/mol. The second kappa shape index (κ2) is 7.26. The second-order valence-electron chi connectivity index (χ2n) is 7.58. The summed E-state index contributed by atoms with van der Waals surface area (Å²) in [6.45, 7) is 3.32. The van der Waals surface area contributed by atoms with E-state index >= 15 is 0 Å². The van der Waals surface area contributed by atoms with Crippen molar-refractivity contribution in [1.82, 2.24) is 9.88 Å². The van der Waals surface area contributed by atoms with E-state index in [1.807, 2.05) is 36.1 Å². The lowest BCUT2D eigenvalue weighted by Gasteiger charge is -2.44. The highest BCUT2D eigenvalue weighted by Gasteiger charge is 2.53. The highest BCUT2D eigenvalue weighted by molar-refractivity contribution is 6.05. The maximum absolute atomic E-state index is 13.6. The number of amides is 2. The topological polar surface area (TPSA) is 62.7 Å². The van der Waals surface area contributed by atoms with Gasteiger partial charge in [0.15, 0.2) is 0 Å². The molecule has 2 aliphatic heterocycles. The largest absolute Gasteiger partial charge is 0.481 e. The van der Waals surface area contributed by atoms with Gasteiger partial charge in [0, 0.05) is 31.0 Å². The third-order valence-electron chi connectivity index (χ3n) is 5.89. The Hall–Kier alpha value is -2.89. The number of piperidine rings is 1. The van der Waals surface area contributed by atoms with Crippen molar-refractivity contribution in [2.45, 2.75) is 38.1 Å². The van der Waals surface area contributed by atoms with Crippen molar-refractivity contribution in [3.63, 3.8) is 0 Å². The van der Waals surface area contributed by atoms with Gasteiger partial charge in [-0.3, -0.25) is 9.59 Å². The molecule has 0 bridgehead atoms. The van der Waals surface area contributed by atoms with Crippen molar-refractivity contribution < 1.29 is 14.3 Å². The van der Waals surface area contributed by atoms with Crippen LogP contribution in [-0.4, -0.2) is 47.4 Å². The van der Waals surface area contributed by atoms with Crippen LogP contribution in [-0.2, 0) is 4.79 Å². The number of carbonyl (C=O) groups excluding carboxylic acids is 2. The molecule has 2 fully saturated rings. The molecule has 0 N–H and O–H groups in total. The predicted molar refractivity (Wildman–Crippen MR) is 107 cm³/mol. The molecule has 1 aromatic carbocycles. The van der Waals surface area contributed by atoms with Crippen LogP contribution in [0.25, 0.3) is 0 Å². The first kappa shape index (κ1) is 18.5. The Kier molecular flexibility index (Phi) is 4.79. The summed E-state index contributed by atoms with van der Waals surface area (Å²) in [7, 11) is 1.54. The summed E-state index contributed by atoms with van der Waals surface area (Å²) in [5.74, 6) is 0.369. The van der Waals surface area contributed by atoms with Crippen molar-refractivity contribution >= 4 is 17.5 Å². The molecule has 6 nitrogen and oxygen atoms in total. The number of rotatable bonds is 3. The van der Waals surface area contributed by atoms with Gasteiger partial charge in [-0.1, -0.05) is 17.7 Å². The normalized spacial score (nSPS) is 22.0. The third-order valence-corrected chi connectivity index (χ3v) is 5.89. The summed E-state index contributed by atoms with van der Waals surface area (Å²) < 4.78 is 5.08. The summed E-state index contributed by atoms with van der Waals surface area (Å²) in [4.78, 5) is 34.6. The SMILES string of the molecule is COc1ccc(C(=O)N2CCCC23CCCN(c2ccc(C)cc2)C3=O)cn1. The molecule has 146 valence electrons. The maximum atomic E-state index is 13.6. The van der Waals surface area contributed by atoms with E-state index in [1.165, 1.54) is 6.20 Å². The summed E-state index contributed by atoms with van der Waals surface area (Å²) in [6, 6.07) is 11.4. The zero-order valence-electron chi connectivity index (χ0n) is 16.4. The molecule has 1 aromatic heterocycles. The van der Waals surface area contributed by atoms with E-state index in [0.29, 0.717) is 37.4 Å². The lowest BCUT2D eigenvalue weighted by Crippen LogP contribution is -2.61. The number of likely N-dealkylation sites (tertiary alicyclic amines) is 1. The van der Waals surface area contributed by atoms with Crippen LogP contribution in [0.3, 0.4) is 0 Å². The van der Waals surface area contributed by atoms with Crippen LogP contribution in [0.5, 0.6) is 5.88 Å². The van der Waals surface area contributed by atoms with Crippen LogP contribution in [0.2, 0.25) is 0 Å². The van der Waals surface area contributed by atoms with E-state index in [9.17, 15) is 9.59 Å². The number of hydrogen-bond donors (Lipinski definition) is 0.